The fourth-order valence-electron chi connectivity index (χ4n) is 0.983. The molecule has 0 aliphatic heterocycles. The first-order chi connectivity index (χ1) is 6.79. The summed E-state index contributed by atoms with van der Waals surface area (Å²) in [5.74, 6) is -2.12. The van der Waals surface area contributed by atoms with Gasteiger partial charge in [0.15, 0.2) is 11.6 Å². The predicted molar refractivity (Wildman–Crippen MR) is 55.7 cm³/mol. The number of rotatable bonds is 2. The van der Waals surface area contributed by atoms with Gasteiger partial charge in [0.1, 0.15) is 0 Å². The van der Waals surface area contributed by atoms with E-state index in [0.29, 0.717) is 6.61 Å². The smallest absolute Gasteiger partial charge is 0.200 e. The Morgan fingerprint density at radius 1 is 1.27 bits per heavy atom. The maximum Gasteiger partial charge on any atom is 0.200 e. The van der Waals surface area contributed by atoms with E-state index in [1.54, 1.807) is 0 Å². The Labute approximate surface area is 88.0 Å². The van der Waals surface area contributed by atoms with Crippen LogP contribution >= 0.6 is 0 Å². The SMILES string of the molecule is CC(C)(C)COc1cc(N)cc(F)c1F. The van der Waals surface area contributed by atoms with Gasteiger partial charge in [-0.25, -0.2) is 4.39 Å². The lowest BCUT2D eigenvalue weighted by Gasteiger charge is -2.19. The average Bonchev–Trinajstić information content (AvgIpc) is 2.07. The van der Waals surface area contributed by atoms with Gasteiger partial charge in [-0.15, -0.1) is 0 Å². The van der Waals surface area contributed by atoms with Crippen molar-refractivity contribution >= 4 is 5.69 Å². The molecule has 0 atom stereocenters. The highest BCUT2D eigenvalue weighted by molar-refractivity contribution is 5.45. The molecule has 0 saturated carbocycles. The Bertz CT molecular complexity index is 358. The maximum atomic E-state index is 13.2. The molecule has 4 heteroatoms. The van der Waals surface area contributed by atoms with E-state index in [1.165, 1.54) is 6.07 Å². The number of halogens is 2. The van der Waals surface area contributed by atoms with Gasteiger partial charge in [-0.2, -0.15) is 4.39 Å². The van der Waals surface area contributed by atoms with Crippen molar-refractivity contribution in [2.75, 3.05) is 12.3 Å². The second kappa shape index (κ2) is 4.04. The summed E-state index contributed by atoms with van der Waals surface area (Å²) in [6.45, 7) is 6.11. The van der Waals surface area contributed by atoms with E-state index >= 15 is 0 Å². The van der Waals surface area contributed by atoms with Gasteiger partial charge in [-0.1, -0.05) is 20.8 Å². The second-order valence-corrected chi connectivity index (χ2v) is 4.66. The maximum absolute atomic E-state index is 13.2. The summed E-state index contributed by atoms with van der Waals surface area (Å²) in [5, 5.41) is 0. The van der Waals surface area contributed by atoms with Crippen LogP contribution in [0, 0.1) is 17.0 Å². The van der Waals surface area contributed by atoms with Crippen molar-refractivity contribution in [2.24, 2.45) is 5.41 Å². The number of nitrogen functional groups attached to an aromatic ring is 1. The van der Waals surface area contributed by atoms with E-state index in [2.05, 4.69) is 0 Å². The molecule has 2 N–H and O–H groups in total. The topological polar surface area (TPSA) is 35.2 Å². The highest BCUT2D eigenvalue weighted by atomic mass is 19.2. The summed E-state index contributed by atoms with van der Waals surface area (Å²) >= 11 is 0. The fraction of sp³-hybridized carbons (Fsp3) is 0.455. The van der Waals surface area contributed by atoms with Crippen LogP contribution in [0.2, 0.25) is 0 Å². The minimum absolute atomic E-state index is 0.118. The fourth-order valence-corrected chi connectivity index (χ4v) is 0.983. The number of anilines is 1. The first-order valence-corrected chi connectivity index (χ1v) is 4.67. The molecule has 0 aromatic heterocycles. The molecular weight excluding hydrogens is 200 g/mol. The number of benzene rings is 1. The van der Waals surface area contributed by atoms with Crippen molar-refractivity contribution in [1.82, 2.24) is 0 Å². The van der Waals surface area contributed by atoms with E-state index < -0.39 is 11.6 Å². The zero-order valence-electron chi connectivity index (χ0n) is 9.10. The molecule has 0 fully saturated rings. The zero-order valence-corrected chi connectivity index (χ0v) is 9.10. The van der Waals surface area contributed by atoms with Crippen LogP contribution in [-0.4, -0.2) is 6.61 Å². The van der Waals surface area contributed by atoms with Crippen LogP contribution in [0.3, 0.4) is 0 Å². The van der Waals surface area contributed by atoms with Gasteiger partial charge < -0.3 is 10.5 Å². The first-order valence-electron chi connectivity index (χ1n) is 4.67. The Balaban J connectivity index is 2.86. The van der Waals surface area contributed by atoms with Crippen LogP contribution in [0.5, 0.6) is 5.75 Å². The van der Waals surface area contributed by atoms with Crippen molar-refractivity contribution in [3.63, 3.8) is 0 Å². The largest absolute Gasteiger partial charge is 0.490 e. The Hall–Kier alpha value is -1.32. The Kier molecular flexibility index (Phi) is 3.17. The van der Waals surface area contributed by atoms with Gasteiger partial charge >= 0.3 is 0 Å². The standard InChI is InChI=1S/C11H15F2NO/c1-11(2,3)6-15-9-5-7(14)4-8(12)10(9)13/h4-5H,6,14H2,1-3H3. The molecule has 0 aliphatic carbocycles. The summed E-state index contributed by atoms with van der Waals surface area (Å²) in [5.41, 5.74) is 5.41. The number of nitrogens with two attached hydrogens (primary N) is 1. The molecule has 0 bridgehead atoms. The third-order valence-corrected chi connectivity index (χ3v) is 1.68. The average molecular weight is 215 g/mol. The van der Waals surface area contributed by atoms with Gasteiger partial charge in [0.25, 0.3) is 0 Å². The normalized spacial score (nSPS) is 11.5. The van der Waals surface area contributed by atoms with E-state index in [4.69, 9.17) is 10.5 Å². The summed E-state index contributed by atoms with van der Waals surface area (Å²) in [4.78, 5) is 0. The summed E-state index contributed by atoms with van der Waals surface area (Å²) in [6.07, 6.45) is 0. The van der Waals surface area contributed by atoms with Gasteiger partial charge in [0.05, 0.1) is 6.61 Å². The van der Waals surface area contributed by atoms with Crippen LogP contribution < -0.4 is 10.5 Å². The summed E-state index contributed by atoms with van der Waals surface area (Å²) < 4.78 is 31.3. The molecule has 0 amide bonds. The van der Waals surface area contributed by atoms with Crippen LogP contribution in [0.25, 0.3) is 0 Å². The van der Waals surface area contributed by atoms with Gasteiger partial charge in [0.2, 0.25) is 5.82 Å². The van der Waals surface area contributed by atoms with Gasteiger partial charge in [0, 0.05) is 17.8 Å². The molecular formula is C11H15F2NO. The quantitative estimate of drug-likeness (QED) is 0.770. The van der Waals surface area contributed by atoms with Crippen molar-refractivity contribution in [3.05, 3.63) is 23.8 Å². The lowest BCUT2D eigenvalue weighted by atomic mass is 9.99. The van der Waals surface area contributed by atoms with Gasteiger partial charge in [-0.05, 0) is 5.41 Å². The molecule has 1 rings (SSSR count). The highest BCUT2D eigenvalue weighted by Crippen LogP contribution is 2.25. The minimum atomic E-state index is -0.992. The van der Waals surface area contributed by atoms with Gasteiger partial charge in [-0.3, -0.25) is 0 Å². The number of hydrogen-bond donors (Lipinski definition) is 1. The van der Waals surface area contributed by atoms with E-state index in [-0.39, 0.29) is 16.9 Å². The van der Waals surface area contributed by atoms with Crippen LogP contribution in [0.4, 0.5) is 14.5 Å². The summed E-state index contributed by atoms with van der Waals surface area (Å²) in [6, 6.07) is 2.21. The molecule has 2 nitrogen and oxygen atoms in total. The first kappa shape index (κ1) is 11.8. The van der Waals surface area contributed by atoms with Crippen molar-refractivity contribution in [3.8, 4) is 5.75 Å². The van der Waals surface area contributed by atoms with E-state index in [9.17, 15) is 8.78 Å². The lowest BCUT2D eigenvalue weighted by molar-refractivity contribution is 0.189. The molecule has 0 spiro atoms. The predicted octanol–water partition coefficient (Wildman–Crippen LogP) is 2.97. The molecule has 0 heterocycles. The summed E-state index contributed by atoms with van der Waals surface area (Å²) in [7, 11) is 0. The van der Waals surface area contributed by atoms with Crippen LogP contribution in [0.1, 0.15) is 20.8 Å². The van der Waals surface area contributed by atoms with E-state index in [0.717, 1.165) is 6.07 Å². The Morgan fingerprint density at radius 3 is 2.40 bits per heavy atom. The molecule has 84 valence electrons. The minimum Gasteiger partial charge on any atom is -0.490 e. The molecule has 1 aromatic rings. The molecule has 1 aromatic carbocycles. The molecule has 0 saturated heterocycles. The molecule has 0 unspecified atom stereocenters. The lowest BCUT2D eigenvalue weighted by Crippen LogP contribution is -2.17. The molecule has 15 heavy (non-hydrogen) atoms. The molecule has 0 radical (unpaired) electrons. The zero-order chi connectivity index (χ0) is 11.6. The Morgan fingerprint density at radius 2 is 1.87 bits per heavy atom. The number of ether oxygens (including phenoxy) is 1. The third kappa shape index (κ3) is 3.38. The van der Waals surface area contributed by atoms with Crippen LogP contribution in [0.15, 0.2) is 12.1 Å². The molecule has 0 aliphatic rings. The van der Waals surface area contributed by atoms with Crippen molar-refractivity contribution < 1.29 is 13.5 Å². The number of hydrogen-bond acceptors (Lipinski definition) is 2. The second-order valence-electron chi connectivity index (χ2n) is 4.66. The van der Waals surface area contributed by atoms with Crippen LogP contribution in [-0.2, 0) is 0 Å². The third-order valence-electron chi connectivity index (χ3n) is 1.68. The van der Waals surface area contributed by atoms with Crippen molar-refractivity contribution in [1.29, 1.82) is 0 Å². The van der Waals surface area contributed by atoms with E-state index in [1.807, 2.05) is 20.8 Å². The monoisotopic (exact) mass is 215 g/mol. The highest BCUT2D eigenvalue weighted by Gasteiger charge is 2.15. The van der Waals surface area contributed by atoms with Crippen molar-refractivity contribution in [2.45, 2.75) is 20.8 Å².